The van der Waals surface area contributed by atoms with E-state index >= 15 is 0 Å². The lowest BCUT2D eigenvalue weighted by Gasteiger charge is -2.20. The molecule has 1 N–H and O–H groups in total. The Hall–Kier alpha value is -0.350. The first-order valence-corrected chi connectivity index (χ1v) is 6.68. The highest BCUT2D eigenvalue weighted by Gasteiger charge is 2.10. The first-order valence-electron chi connectivity index (χ1n) is 5.89. The van der Waals surface area contributed by atoms with Gasteiger partial charge in [0, 0.05) is 12.1 Å². The largest absolute Gasteiger partial charge is 0.312 e. The molecule has 16 heavy (non-hydrogen) atoms. The van der Waals surface area contributed by atoms with E-state index in [1.165, 1.54) is 5.69 Å². The summed E-state index contributed by atoms with van der Waals surface area (Å²) >= 11 is 3.55. The molecule has 0 saturated heterocycles. The lowest BCUT2D eigenvalue weighted by molar-refractivity contribution is 0.420. The Morgan fingerprint density at radius 2 is 2.12 bits per heavy atom. The van der Waals surface area contributed by atoms with Gasteiger partial charge < -0.3 is 5.32 Å². The highest BCUT2D eigenvalue weighted by Crippen LogP contribution is 2.17. The van der Waals surface area contributed by atoms with Crippen molar-refractivity contribution in [3.05, 3.63) is 16.4 Å². The molecule has 0 aliphatic heterocycles. The summed E-state index contributed by atoms with van der Waals surface area (Å²) in [5, 5.41) is 7.81. The highest BCUT2D eigenvalue weighted by molar-refractivity contribution is 9.10. The third-order valence-electron chi connectivity index (χ3n) is 2.44. The van der Waals surface area contributed by atoms with Gasteiger partial charge >= 0.3 is 0 Å². The molecule has 1 aromatic rings. The molecule has 1 aromatic heterocycles. The fourth-order valence-electron chi connectivity index (χ4n) is 1.63. The van der Waals surface area contributed by atoms with Gasteiger partial charge in [0.15, 0.2) is 0 Å². The van der Waals surface area contributed by atoms with Crippen molar-refractivity contribution in [2.75, 3.05) is 6.54 Å². The zero-order valence-corrected chi connectivity index (χ0v) is 12.3. The molecule has 0 bridgehead atoms. The van der Waals surface area contributed by atoms with E-state index in [0.717, 1.165) is 30.4 Å². The molecular weight excluding hydrogens is 266 g/mol. The average Bonchev–Trinajstić information content (AvgIpc) is 2.53. The van der Waals surface area contributed by atoms with Crippen molar-refractivity contribution >= 4 is 15.9 Å². The van der Waals surface area contributed by atoms with Crippen molar-refractivity contribution in [3.63, 3.8) is 0 Å². The van der Waals surface area contributed by atoms with Crippen LogP contribution in [0.25, 0.3) is 0 Å². The molecular formula is C12H22BrN3. The van der Waals surface area contributed by atoms with Gasteiger partial charge in [0.25, 0.3) is 0 Å². The van der Waals surface area contributed by atoms with Crippen LogP contribution in [0.4, 0.5) is 0 Å². The number of nitrogens with one attached hydrogen (secondary N) is 1. The average molecular weight is 288 g/mol. The number of aromatic nitrogens is 2. The van der Waals surface area contributed by atoms with Crippen LogP contribution in [0.2, 0.25) is 0 Å². The fraction of sp³-hybridized carbons (Fsp3) is 0.750. The minimum atomic E-state index is 0.211. The Balaban J connectivity index is 2.40. The maximum Gasteiger partial charge on any atom is 0.0635 e. The molecule has 1 rings (SSSR count). The summed E-state index contributed by atoms with van der Waals surface area (Å²) in [5.74, 6) is 0. The second-order valence-corrected chi connectivity index (χ2v) is 5.89. The second-order valence-electron chi connectivity index (χ2n) is 5.04. The lowest BCUT2D eigenvalue weighted by atomic mass is 10.1. The maximum atomic E-state index is 4.31. The summed E-state index contributed by atoms with van der Waals surface area (Å²) in [5.41, 5.74) is 1.51. The van der Waals surface area contributed by atoms with Gasteiger partial charge in [-0.2, -0.15) is 5.10 Å². The first kappa shape index (κ1) is 13.7. The van der Waals surface area contributed by atoms with Crippen molar-refractivity contribution < 1.29 is 0 Å². The summed E-state index contributed by atoms with van der Waals surface area (Å²) in [7, 11) is 0. The third-order valence-corrected chi connectivity index (χ3v) is 3.11. The van der Waals surface area contributed by atoms with Crippen molar-refractivity contribution in [1.82, 2.24) is 15.1 Å². The summed E-state index contributed by atoms with van der Waals surface area (Å²) in [6.45, 7) is 10.7. The molecule has 0 saturated carbocycles. The van der Waals surface area contributed by atoms with E-state index in [1.54, 1.807) is 0 Å². The van der Waals surface area contributed by atoms with E-state index in [1.807, 2.05) is 6.20 Å². The number of hydrogen-bond acceptors (Lipinski definition) is 2. The van der Waals surface area contributed by atoms with Gasteiger partial charge in [-0.25, -0.2) is 0 Å². The summed E-state index contributed by atoms with van der Waals surface area (Å²) in [6, 6.07) is 0. The number of hydrogen-bond donors (Lipinski definition) is 1. The number of halogens is 1. The predicted molar refractivity (Wildman–Crippen MR) is 71.7 cm³/mol. The SMILES string of the molecule is CCn1ncc(Br)c1CCCNC(C)(C)C. The van der Waals surface area contributed by atoms with Gasteiger partial charge in [-0.05, 0) is 63.0 Å². The van der Waals surface area contributed by atoms with E-state index < -0.39 is 0 Å². The van der Waals surface area contributed by atoms with Crippen LogP contribution in [-0.4, -0.2) is 21.9 Å². The van der Waals surface area contributed by atoms with Crippen LogP contribution in [0.3, 0.4) is 0 Å². The molecule has 0 spiro atoms. The number of aryl methyl sites for hydroxylation is 1. The molecule has 0 radical (unpaired) electrons. The van der Waals surface area contributed by atoms with Crippen LogP contribution in [0, 0.1) is 0 Å². The van der Waals surface area contributed by atoms with Crippen molar-refractivity contribution in [1.29, 1.82) is 0 Å². The minimum absolute atomic E-state index is 0.211. The number of nitrogens with zero attached hydrogens (tertiary/aromatic N) is 2. The summed E-state index contributed by atoms with van der Waals surface area (Å²) < 4.78 is 3.19. The van der Waals surface area contributed by atoms with Gasteiger partial charge in [0.05, 0.1) is 16.4 Å². The molecule has 92 valence electrons. The lowest BCUT2D eigenvalue weighted by Crippen LogP contribution is -2.36. The Labute approximate surface area is 107 Å². The monoisotopic (exact) mass is 287 g/mol. The van der Waals surface area contributed by atoms with Crippen molar-refractivity contribution in [3.8, 4) is 0 Å². The Kier molecular flexibility index (Phi) is 4.99. The standard InChI is InChI=1S/C12H22BrN3/c1-5-16-11(10(13)9-15-16)7-6-8-14-12(2,3)4/h9,14H,5-8H2,1-4H3. The van der Waals surface area contributed by atoms with Crippen LogP contribution in [0.15, 0.2) is 10.7 Å². The van der Waals surface area contributed by atoms with Crippen molar-refractivity contribution in [2.45, 2.75) is 52.6 Å². The fourth-order valence-corrected chi connectivity index (χ4v) is 2.12. The van der Waals surface area contributed by atoms with E-state index in [2.05, 4.69) is 58.7 Å². The quantitative estimate of drug-likeness (QED) is 0.844. The first-order chi connectivity index (χ1) is 7.44. The Bertz CT molecular complexity index is 325. The van der Waals surface area contributed by atoms with E-state index in [9.17, 15) is 0 Å². The zero-order chi connectivity index (χ0) is 12.2. The minimum Gasteiger partial charge on any atom is -0.312 e. The smallest absolute Gasteiger partial charge is 0.0635 e. The topological polar surface area (TPSA) is 29.9 Å². The molecule has 0 aromatic carbocycles. The Morgan fingerprint density at radius 1 is 1.44 bits per heavy atom. The maximum absolute atomic E-state index is 4.31. The Morgan fingerprint density at radius 3 is 2.69 bits per heavy atom. The second kappa shape index (κ2) is 5.82. The van der Waals surface area contributed by atoms with Gasteiger partial charge in [-0.1, -0.05) is 0 Å². The third kappa shape index (κ3) is 4.26. The van der Waals surface area contributed by atoms with Crippen LogP contribution in [0.1, 0.15) is 39.8 Å². The normalized spacial score (nSPS) is 12.1. The van der Waals surface area contributed by atoms with E-state index in [0.29, 0.717) is 0 Å². The van der Waals surface area contributed by atoms with Gasteiger partial charge in [0.1, 0.15) is 0 Å². The highest BCUT2D eigenvalue weighted by atomic mass is 79.9. The van der Waals surface area contributed by atoms with E-state index in [-0.39, 0.29) is 5.54 Å². The molecule has 4 heteroatoms. The van der Waals surface area contributed by atoms with Crippen molar-refractivity contribution in [2.24, 2.45) is 0 Å². The van der Waals surface area contributed by atoms with Gasteiger partial charge in [-0.15, -0.1) is 0 Å². The molecule has 0 aliphatic carbocycles. The van der Waals surface area contributed by atoms with Crippen LogP contribution in [0.5, 0.6) is 0 Å². The molecule has 3 nitrogen and oxygen atoms in total. The molecule has 1 heterocycles. The van der Waals surface area contributed by atoms with Crippen LogP contribution < -0.4 is 5.32 Å². The zero-order valence-electron chi connectivity index (χ0n) is 10.7. The van der Waals surface area contributed by atoms with Crippen LogP contribution in [-0.2, 0) is 13.0 Å². The molecule has 0 unspecified atom stereocenters. The van der Waals surface area contributed by atoms with Gasteiger partial charge in [0.2, 0.25) is 0 Å². The predicted octanol–water partition coefficient (Wildman–Crippen LogP) is 2.99. The van der Waals surface area contributed by atoms with Crippen LogP contribution >= 0.6 is 15.9 Å². The molecule has 0 fully saturated rings. The number of rotatable bonds is 5. The summed E-state index contributed by atoms with van der Waals surface area (Å²) in [6.07, 6.45) is 4.09. The molecule has 0 atom stereocenters. The summed E-state index contributed by atoms with van der Waals surface area (Å²) in [4.78, 5) is 0. The van der Waals surface area contributed by atoms with E-state index in [4.69, 9.17) is 0 Å². The van der Waals surface area contributed by atoms with Gasteiger partial charge in [-0.3, -0.25) is 4.68 Å². The molecule has 0 aliphatic rings. The molecule has 0 amide bonds.